The topological polar surface area (TPSA) is 24.4 Å². The maximum absolute atomic E-state index is 5.02. The van der Waals surface area contributed by atoms with Crippen LogP contribution in [0.25, 0.3) is 0 Å². The average molecular weight is 359 g/mol. The molecule has 0 spiro atoms. The minimum Gasteiger partial charge on any atom is -0.356 e. The summed E-state index contributed by atoms with van der Waals surface area (Å²) in [6, 6.07) is 30.1. The Morgan fingerprint density at radius 2 is 1.54 bits per heavy atom. The van der Waals surface area contributed by atoms with Gasteiger partial charge in [-0.15, -0.1) is 0 Å². The van der Waals surface area contributed by atoms with Crippen LogP contribution in [-0.2, 0) is 5.75 Å². The molecule has 0 amide bonds. The van der Waals surface area contributed by atoms with Gasteiger partial charge in [-0.3, -0.25) is 4.99 Å². The second kappa shape index (κ2) is 7.79. The smallest absolute Gasteiger partial charge is 0.158 e. The van der Waals surface area contributed by atoms with Gasteiger partial charge in [0.1, 0.15) is 6.04 Å². The zero-order valence-electron chi connectivity index (χ0n) is 14.8. The Morgan fingerprint density at radius 3 is 2.23 bits per heavy atom. The molecule has 1 aliphatic heterocycles. The van der Waals surface area contributed by atoms with Crippen molar-refractivity contribution in [3.05, 3.63) is 107 Å². The Kier molecular flexibility index (Phi) is 5.07. The van der Waals surface area contributed by atoms with Crippen molar-refractivity contribution in [1.29, 1.82) is 0 Å². The van der Waals surface area contributed by atoms with Crippen molar-refractivity contribution in [3.8, 4) is 0 Å². The van der Waals surface area contributed by atoms with E-state index in [-0.39, 0.29) is 12.1 Å². The molecular weight excluding hydrogens is 336 g/mol. The number of aryl methyl sites for hydroxylation is 1. The number of hydrogen-bond donors (Lipinski definition) is 1. The first-order chi connectivity index (χ1) is 12.8. The Hall–Kier alpha value is -2.52. The van der Waals surface area contributed by atoms with E-state index in [4.69, 9.17) is 4.99 Å². The van der Waals surface area contributed by atoms with Gasteiger partial charge in [0.05, 0.1) is 6.04 Å². The maximum Gasteiger partial charge on any atom is 0.158 e. The minimum absolute atomic E-state index is 0.110. The van der Waals surface area contributed by atoms with Crippen LogP contribution in [-0.4, -0.2) is 5.17 Å². The van der Waals surface area contributed by atoms with Crippen LogP contribution in [0.4, 0.5) is 0 Å². The molecule has 0 saturated heterocycles. The Bertz CT molecular complexity index is 890. The monoisotopic (exact) mass is 358 g/mol. The quantitative estimate of drug-likeness (QED) is 0.650. The van der Waals surface area contributed by atoms with E-state index in [0.29, 0.717) is 0 Å². The fourth-order valence-corrected chi connectivity index (χ4v) is 4.21. The summed E-state index contributed by atoms with van der Waals surface area (Å²) >= 11 is 1.78. The molecule has 0 aromatic heterocycles. The van der Waals surface area contributed by atoms with Gasteiger partial charge in [0, 0.05) is 5.75 Å². The van der Waals surface area contributed by atoms with Crippen LogP contribution in [0.2, 0.25) is 0 Å². The van der Waals surface area contributed by atoms with Crippen molar-refractivity contribution in [2.24, 2.45) is 4.99 Å². The summed E-state index contributed by atoms with van der Waals surface area (Å²) in [6.45, 7) is 2.14. The highest BCUT2D eigenvalue weighted by Gasteiger charge is 2.31. The number of nitrogens with one attached hydrogen (secondary N) is 1. The van der Waals surface area contributed by atoms with E-state index < -0.39 is 0 Å². The largest absolute Gasteiger partial charge is 0.356 e. The normalized spacial score (nSPS) is 19.0. The molecule has 0 fully saturated rings. The van der Waals surface area contributed by atoms with E-state index in [9.17, 15) is 0 Å². The molecule has 130 valence electrons. The molecule has 2 atom stereocenters. The summed E-state index contributed by atoms with van der Waals surface area (Å²) in [5.41, 5.74) is 5.16. The molecule has 3 aromatic rings. The molecule has 0 aliphatic carbocycles. The number of benzene rings is 3. The first kappa shape index (κ1) is 16.9. The van der Waals surface area contributed by atoms with Gasteiger partial charge >= 0.3 is 0 Å². The highest BCUT2D eigenvalue weighted by molar-refractivity contribution is 8.13. The second-order valence-electron chi connectivity index (χ2n) is 6.60. The summed E-state index contributed by atoms with van der Waals surface area (Å²) in [6.07, 6.45) is 0. The van der Waals surface area contributed by atoms with E-state index in [2.05, 4.69) is 97.2 Å². The van der Waals surface area contributed by atoms with Gasteiger partial charge in [-0.2, -0.15) is 0 Å². The fourth-order valence-electron chi connectivity index (χ4n) is 3.33. The lowest BCUT2D eigenvalue weighted by Crippen LogP contribution is -2.22. The van der Waals surface area contributed by atoms with Crippen molar-refractivity contribution in [2.45, 2.75) is 24.8 Å². The van der Waals surface area contributed by atoms with Gasteiger partial charge in [0.2, 0.25) is 0 Å². The zero-order chi connectivity index (χ0) is 17.8. The number of nitrogens with zero attached hydrogens (tertiary/aromatic N) is 1. The summed E-state index contributed by atoms with van der Waals surface area (Å²) in [4.78, 5) is 5.02. The van der Waals surface area contributed by atoms with Gasteiger partial charge in [0.25, 0.3) is 0 Å². The first-order valence-corrected chi connectivity index (χ1v) is 9.91. The lowest BCUT2D eigenvalue weighted by molar-refractivity contribution is 0.573. The van der Waals surface area contributed by atoms with Crippen molar-refractivity contribution >= 4 is 16.9 Å². The Labute approximate surface area is 159 Å². The molecule has 0 radical (unpaired) electrons. The van der Waals surface area contributed by atoms with Gasteiger partial charge in [-0.05, 0) is 23.6 Å². The second-order valence-corrected chi connectivity index (χ2v) is 7.56. The summed E-state index contributed by atoms with van der Waals surface area (Å²) < 4.78 is 0. The fraction of sp³-hybridized carbons (Fsp3) is 0.174. The third-order valence-electron chi connectivity index (χ3n) is 4.61. The number of aliphatic imine (C=N–C) groups is 1. The molecule has 26 heavy (non-hydrogen) atoms. The van der Waals surface area contributed by atoms with Crippen molar-refractivity contribution in [2.75, 3.05) is 0 Å². The lowest BCUT2D eigenvalue weighted by atomic mass is 9.95. The van der Waals surface area contributed by atoms with E-state index in [1.165, 1.54) is 22.3 Å². The Balaban J connectivity index is 1.56. The molecule has 3 aromatic carbocycles. The number of amidine groups is 1. The number of hydrogen-bond acceptors (Lipinski definition) is 3. The zero-order valence-corrected chi connectivity index (χ0v) is 15.6. The molecule has 1 aliphatic rings. The molecule has 2 nitrogen and oxygen atoms in total. The first-order valence-electron chi connectivity index (χ1n) is 8.92. The highest BCUT2D eigenvalue weighted by Crippen LogP contribution is 2.38. The van der Waals surface area contributed by atoms with Gasteiger partial charge in [0.15, 0.2) is 5.17 Å². The van der Waals surface area contributed by atoms with Crippen LogP contribution in [0.15, 0.2) is 89.9 Å². The number of rotatable bonds is 4. The summed E-state index contributed by atoms with van der Waals surface area (Å²) in [5.74, 6) is 0.927. The van der Waals surface area contributed by atoms with E-state index in [1.54, 1.807) is 11.8 Å². The highest BCUT2D eigenvalue weighted by atomic mass is 32.2. The molecule has 1 heterocycles. The molecule has 4 rings (SSSR count). The van der Waals surface area contributed by atoms with E-state index in [0.717, 1.165) is 10.9 Å². The molecule has 3 heteroatoms. The molecule has 0 saturated carbocycles. The lowest BCUT2D eigenvalue weighted by Gasteiger charge is -2.19. The molecule has 0 unspecified atom stereocenters. The van der Waals surface area contributed by atoms with Gasteiger partial charge in [-0.1, -0.05) is 102 Å². The standard InChI is InChI=1S/C23H22N2S/c1-17-9-8-10-18(15-17)16-26-23-24-21(19-11-4-2-5-12-19)22(25-23)20-13-6-3-7-14-20/h2-15,21-22H,16H2,1H3,(H,24,25)/t21-,22+. The third kappa shape index (κ3) is 3.83. The van der Waals surface area contributed by atoms with Crippen LogP contribution >= 0.6 is 11.8 Å². The SMILES string of the molecule is Cc1cccc(CSC2=N[C@@H](c3ccccc3)[C@@H](c3ccccc3)N2)c1. The molecule has 1 N–H and O–H groups in total. The van der Waals surface area contributed by atoms with E-state index in [1.807, 2.05) is 0 Å². The van der Waals surface area contributed by atoms with Gasteiger partial charge < -0.3 is 5.32 Å². The van der Waals surface area contributed by atoms with Crippen LogP contribution in [0, 0.1) is 6.92 Å². The summed E-state index contributed by atoms with van der Waals surface area (Å²) in [5, 5.41) is 4.68. The van der Waals surface area contributed by atoms with E-state index >= 15 is 0 Å². The van der Waals surface area contributed by atoms with Crippen LogP contribution in [0.3, 0.4) is 0 Å². The summed E-state index contributed by atoms with van der Waals surface area (Å²) in [7, 11) is 0. The third-order valence-corrected chi connectivity index (χ3v) is 5.58. The van der Waals surface area contributed by atoms with Crippen LogP contribution in [0.1, 0.15) is 34.3 Å². The number of thioether (sulfide) groups is 1. The predicted octanol–water partition coefficient (Wildman–Crippen LogP) is 5.67. The average Bonchev–Trinajstić information content (AvgIpc) is 3.12. The Morgan fingerprint density at radius 1 is 0.846 bits per heavy atom. The molecular formula is C23H22N2S. The maximum atomic E-state index is 5.02. The molecule has 0 bridgehead atoms. The minimum atomic E-state index is 0.110. The van der Waals surface area contributed by atoms with Gasteiger partial charge in [-0.25, -0.2) is 0 Å². The van der Waals surface area contributed by atoms with Crippen molar-refractivity contribution in [1.82, 2.24) is 5.32 Å². The van der Waals surface area contributed by atoms with Crippen LogP contribution in [0.5, 0.6) is 0 Å². The van der Waals surface area contributed by atoms with Crippen LogP contribution < -0.4 is 5.32 Å². The predicted molar refractivity (Wildman–Crippen MR) is 111 cm³/mol. The van der Waals surface area contributed by atoms with Crippen molar-refractivity contribution in [3.63, 3.8) is 0 Å². The van der Waals surface area contributed by atoms with Crippen molar-refractivity contribution < 1.29 is 0 Å².